The number of benzene rings is 1. The highest BCUT2D eigenvalue weighted by Gasteiger charge is 2.24. The summed E-state index contributed by atoms with van der Waals surface area (Å²) in [6.45, 7) is 4.09. The van der Waals surface area contributed by atoms with Gasteiger partial charge in [-0.1, -0.05) is 22.0 Å². The summed E-state index contributed by atoms with van der Waals surface area (Å²) in [5.41, 5.74) is 2.74. The molecule has 22 heavy (non-hydrogen) atoms. The zero-order valence-corrected chi connectivity index (χ0v) is 15.0. The van der Waals surface area contributed by atoms with Crippen LogP contribution in [0, 0.1) is 0 Å². The first kappa shape index (κ1) is 16.0. The number of nitrogens with zero attached hydrogens (tertiary/aromatic N) is 2. The van der Waals surface area contributed by atoms with Gasteiger partial charge in [0.15, 0.2) is 0 Å². The monoisotopic (exact) mass is 377 g/mol. The molecule has 2 heterocycles. The van der Waals surface area contributed by atoms with E-state index >= 15 is 0 Å². The molecular weight excluding hydrogens is 358 g/mol. The molecular formula is C17H20BrN3S. The van der Waals surface area contributed by atoms with Crippen molar-refractivity contribution in [3.63, 3.8) is 0 Å². The van der Waals surface area contributed by atoms with Gasteiger partial charge in [-0.15, -0.1) is 11.8 Å². The third-order valence-corrected chi connectivity index (χ3v) is 5.38. The van der Waals surface area contributed by atoms with Crippen LogP contribution in [0.1, 0.15) is 17.2 Å². The Labute approximate surface area is 144 Å². The van der Waals surface area contributed by atoms with E-state index in [1.165, 1.54) is 16.0 Å². The van der Waals surface area contributed by atoms with E-state index in [4.69, 9.17) is 0 Å². The number of thioether (sulfide) groups is 1. The normalized spacial score (nSPS) is 19.3. The summed E-state index contributed by atoms with van der Waals surface area (Å²) in [7, 11) is 0. The SMILES string of the molecule is CSc1cc(Br)ccc1CN1CCNCC1c1ccncc1. The third kappa shape index (κ3) is 3.71. The van der Waals surface area contributed by atoms with Crippen molar-refractivity contribution in [3.8, 4) is 0 Å². The maximum Gasteiger partial charge on any atom is 0.0477 e. The van der Waals surface area contributed by atoms with Gasteiger partial charge in [-0.25, -0.2) is 0 Å². The molecule has 1 unspecified atom stereocenters. The lowest BCUT2D eigenvalue weighted by Crippen LogP contribution is -2.45. The molecule has 0 radical (unpaired) electrons. The lowest BCUT2D eigenvalue weighted by atomic mass is 10.0. The van der Waals surface area contributed by atoms with Gasteiger partial charge in [0.1, 0.15) is 0 Å². The van der Waals surface area contributed by atoms with Gasteiger partial charge < -0.3 is 5.32 Å². The number of nitrogens with one attached hydrogen (secondary N) is 1. The van der Waals surface area contributed by atoms with Gasteiger partial charge >= 0.3 is 0 Å². The maximum atomic E-state index is 4.14. The third-order valence-electron chi connectivity index (χ3n) is 4.07. The molecule has 2 aromatic rings. The van der Waals surface area contributed by atoms with Crippen molar-refractivity contribution in [2.45, 2.75) is 17.5 Å². The van der Waals surface area contributed by atoms with Crippen LogP contribution in [0.2, 0.25) is 0 Å². The molecule has 1 fully saturated rings. The van der Waals surface area contributed by atoms with Crippen molar-refractivity contribution in [1.82, 2.24) is 15.2 Å². The molecule has 1 aromatic carbocycles. The Bertz CT molecular complexity index is 621. The first-order valence-corrected chi connectivity index (χ1v) is 9.47. The number of hydrogen-bond donors (Lipinski definition) is 1. The van der Waals surface area contributed by atoms with Crippen LogP contribution in [0.15, 0.2) is 52.1 Å². The van der Waals surface area contributed by atoms with Crippen molar-refractivity contribution in [3.05, 3.63) is 58.3 Å². The Hall–Kier alpha value is -0.880. The molecule has 3 rings (SSSR count). The lowest BCUT2D eigenvalue weighted by Gasteiger charge is -2.36. The summed E-state index contributed by atoms with van der Waals surface area (Å²) >= 11 is 5.38. The standard InChI is InChI=1S/C17H20BrN3S/c1-22-17-10-15(18)3-2-14(17)12-21-9-8-20-11-16(21)13-4-6-19-7-5-13/h2-7,10,16,20H,8-9,11-12H2,1H3. The number of aromatic nitrogens is 1. The average Bonchev–Trinajstić information content (AvgIpc) is 2.57. The van der Waals surface area contributed by atoms with Crippen LogP contribution in [0.4, 0.5) is 0 Å². The smallest absolute Gasteiger partial charge is 0.0477 e. The zero-order chi connectivity index (χ0) is 15.4. The number of halogens is 1. The predicted octanol–water partition coefficient (Wildman–Crippen LogP) is 3.71. The molecule has 0 amide bonds. The van der Waals surface area contributed by atoms with Gasteiger partial charge in [0, 0.05) is 54.0 Å². The van der Waals surface area contributed by atoms with Crippen LogP contribution in [-0.2, 0) is 6.54 Å². The van der Waals surface area contributed by atoms with E-state index in [9.17, 15) is 0 Å². The minimum absolute atomic E-state index is 0.412. The number of pyridine rings is 1. The van der Waals surface area contributed by atoms with Crippen molar-refractivity contribution in [2.75, 3.05) is 25.9 Å². The van der Waals surface area contributed by atoms with Crippen LogP contribution in [0.3, 0.4) is 0 Å². The van der Waals surface area contributed by atoms with Crippen molar-refractivity contribution in [2.24, 2.45) is 0 Å². The minimum Gasteiger partial charge on any atom is -0.314 e. The molecule has 1 N–H and O–H groups in total. The fourth-order valence-electron chi connectivity index (χ4n) is 2.92. The Balaban J connectivity index is 1.83. The number of rotatable bonds is 4. The topological polar surface area (TPSA) is 28.2 Å². The first-order valence-electron chi connectivity index (χ1n) is 7.45. The predicted molar refractivity (Wildman–Crippen MR) is 96.2 cm³/mol. The molecule has 1 aromatic heterocycles. The summed E-state index contributed by atoms with van der Waals surface area (Å²) < 4.78 is 1.14. The second-order valence-corrected chi connectivity index (χ2v) is 7.19. The molecule has 0 saturated carbocycles. The second kappa shape index (κ2) is 7.59. The summed E-state index contributed by atoms with van der Waals surface area (Å²) in [5.74, 6) is 0. The van der Waals surface area contributed by atoms with Gasteiger partial charge in [0.25, 0.3) is 0 Å². The van der Waals surface area contributed by atoms with E-state index in [1.807, 2.05) is 24.2 Å². The van der Waals surface area contributed by atoms with E-state index in [2.05, 4.69) is 67.7 Å². The second-order valence-electron chi connectivity index (χ2n) is 5.43. The van der Waals surface area contributed by atoms with E-state index in [1.54, 1.807) is 0 Å². The number of hydrogen-bond acceptors (Lipinski definition) is 4. The van der Waals surface area contributed by atoms with Crippen LogP contribution in [0.5, 0.6) is 0 Å². The largest absolute Gasteiger partial charge is 0.314 e. The molecule has 0 spiro atoms. The summed E-state index contributed by atoms with van der Waals surface area (Å²) in [6, 6.07) is 11.3. The maximum absolute atomic E-state index is 4.14. The van der Waals surface area contributed by atoms with Crippen LogP contribution < -0.4 is 5.32 Å². The molecule has 1 aliphatic heterocycles. The van der Waals surface area contributed by atoms with Gasteiger partial charge in [0.2, 0.25) is 0 Å². The average molecular weight is 378 g/mol. The van der Waals surface area contributed by atoms with Crippen molar-refractivity contribution >= 4 is 27.7 Å². The van der Waals surface area contributed by atoms with Gasteiger partial charge in [-0.3, -0.25) is 9.88 Å². The zero-order valence-electron chi connectivity index (χ0n) is 12.6. The van der Waals surface area contributed by atoms with Crippen LogP contribution in [0.25, 0.3) is 0 Å². The van der Waals surface area contributed by atoms with Gasteiger partial charge in [-0.2, -0.15) is 0 Å². The quantitative estimate of drug-likeness (QED) is 0.821. The van der Waals surface area contributed by atoms with Crippen molar-refractivity contribution in [1.29, 1.82) is 0 Å². The number of piperazine rings is 1. The summed E-state index contributed by atoms with van der Waals surface area (Å²) in [6.07, 6.45) is 5.91. The highest BCUT2D eigenvalue weighted by Crippen LogP contribution is 2.29. The molecule has 5 heteroatoms. The van der Waals surface area contributed by atoms with Gasteiger partial charge in [-0.05, 0) is 41.6 Å². The highest BCUT2D eigenvalue weighted by atomic mass is 79.9. The van der Waals surface area contributed by atoms with E-state index in [0.717, 1.165) is 30.7 Å². The molecule has 0 aliphatic carbocycles. The highest BCUT2D eigenvalue weighted by molar-refractivity contribution is 9.10. The molecule has 1 saturated heterocycles. The summed E-state index contributed by atoms with van der Waals surface area (Å²) in [4.78, 5) is 8.05. The molecule has 116 valence electrons. The Morgan fingerprint density at radius 2 is 2.14 bits per heavy atom. The fraction of sp³-hybridized carbons (Fsp3) is 0.353. The van der Waals surface area contributed by atoms with Crippen molar-refractivity contribution < 1.29 is 0 Å². The molecule has 0 bridgehead atoms. The lowest BCUT2D eigenvalue weighted by molar-refractivity contribution is 0.152. The minimum atomic E-state index is 0.412. The first-order chi connectivity index (χ1) is 10.8. The fourth-order valence-corrected chi connectivity index (χ4v) is 4.07. The van der Waals surface area contributed by atoms with E-state index < -0.39 is 0 Å². The Morgan fingerprint density at radius 3 is 2.91 bits per heavy atom. The Morgan fingerprint density at radius 1 is 1.32 bits per heavy atom. The van der Waals surface area contributed by atoms with Gasteiger partial charge in [0.05, 0.1) is 0 Å². The Kier molecular flexibility index (Phi) is 5.52. The molecule has 1 atom stereocenters. The van der Waals surface area contributed by atoms with E-state index in [-0.39, 0.29) is 0 Å². The molecule has 1 aliphatic rings. The van der Waals surface area contributed by atoms with E-state index in [0.29, 0.717) is 6.04 Å². The van der Waals surface area contributed by atoms with Crippen LogP contribution >= 0.6 is 27.7 Å². The van der Waals surface area contributed by atoms with Crippen LogP contribution in [-0.4, -0.2) is 35.8 Å². The molecule has 3 nitrogen and oxygen atoms in total. The summed E-state index contributed by atoms with van der Waals surface area (Å²) in [5, 5.41) is 3.51.